The number of anilines is 2. The molecule has 0 fully saturated rings. The minimum absolute atomic E-state index is 0.0312. The number of nitrogens with zero attached hydrogens (tertiary/aromatic N) is 4. The third-order valence-electron chi connectivity index (χ3n) is 5.41. The van der Waals surface area contributed by atoms with Crippen molar-refractivity contribution in [3.8, 4) is 0 Å². The largest absolute Gasteiger partial charge is 0.483 e. The molecule has 0 amide bonds. The lowest BCUT2D eigenvalue weighted by atomic mass is 9.85. The zero-order valence-electron chi connectivity index (χ0n) is 20.6. The van der Waals surface area contributed by atoms with Gasteiger partial charge in [0.15, 0.2) is 17.7 Å². The summed E-state index contributed by atoms with van der Waals surface area (Å²) in [4.78, 5) is 42.5. The highest BCUT2D eigenvalue weighted by atomic mass is 16.7. The van der Waals surface area contributed by atoms with Gasteiger partial charge in [-0.15, -0.1) is 0 Å². The predicted molar refractivity (Wildman–Crippen MR) is 131 cm³/mol. The van der Waals surface area contributed by atoms with E-state index in [4.69, 9.17) is 9.47 Å². The van der Waals surface area contributed by atoms with E-state index in [0.29, 0.717) is 5.70 Å². The summed E-state index contributed by atoms with van der Waals surface area (Å²) in [5.74, 6) is -2.47. The SMILES string of the molecule is CC1=CC(=O)C(=C(C)NNc2ncccn2)C(C2(O)OC(C)=CC(=O)C2=C(C)NNc2ncccn2)O1. The number of ether oxygens (including phenoxy) is 2. The molecule has 0 radical (unpaired) electrons. The molecule has 0 aliphatic carbocycles. The van der Waals surface area contributed by atoms with Crippen LogP contribution in [0.25, 0.3) is 0 Å². The number of hydrogen-bond acceptors (Lipinski definition) is 13. The molecule has 13 heteroatoms. The first-order valence-corrected chi connectivity index (χ1v) is 11.2. The van der Waals surface area contributed by atoms with Gasteiger partial charge >= 0.3 is 0 Å². The standard InChI is InChI=1S/C24H26N8O5/c1-13-11-17(33)19(15(3)29-31-22-25-7-5-8-26-22)21(36-13)24(35)20(18(34)12-14(2)37-24)16(4)30-32-23-27-9-6-10-28-23/h5-12,21,29-30,35H,1-4H3,(H,25,26,31)(H,27,28,32). The van der Waals surface area contributed by atoms with E-state index in [9.17, 15) is 14.7 Å². The fourth-order valence-electron chi connectivity index (χ4n) is 3.88. The van der Waals surface area contributed by atoms with Gasteiger partial charge in [-0.2, -0.15) is 0 Å². The number of nitrogens with one attached hydrogen (secondary N) is 4. The van der Waals surface area contributed by atoms with Gasteiger partial charge in [0.25, 0.3) is 5.79 Å². The lowest BCUT2D eigenvalue weighted by molar-refractivity contribution is -0.210. The van der Waals surface area contributed by atoms with Crippen molar-refractivity contribution >= 4 is 23.5 Å². The highest BCUT2D eigenvalue weighted by Crippen LogP contribution is 2.40. The molecule has 4 rings (SSSR count). The normalized spacial score (nSPS) is 24.1. The van der Waals surface area contributed by atoms with E-state index in [1.807, 2.05) is 0 Å². The highest BCUT2D eigenvalue weighted by molar-refractivity contribution is 6.09. The molecule has 0 saturated heterocycles. The number of ketones is 2. The second kappa shape index (κ2) is 10.5. The van der Waals surface area contributed by atoms with Gasteiger partial charge in [-0.1, -0.05) is 0 Å². The molecule has 0 saturated carbocycles. The third kappa shape index (κ3) is 5.41. The summed E-state index contributed by atoms with van der Waals surface area (Å²) in [6, 6.07) is 3.31. The molecule has 0 bridgehead atoms. The first kappa shape index (κ1) is 25.3. The monoisotopic (exact) mass is 506 g/mol. The van der Waals surface area contributed by atoms with Gasteiger partial charge in [0.05, 0.1) is 16.9 Å². The van der Waals surface area contributed by atoms with Gasteiger partial charge in [-0.05, 0) is 39.8 Å². The lowest BCUT2D eigenvalue weighted by Gasteiger charge is -2.42. The first-order chi connectivity index (χ1) is 17.7. The van der Waals surface area contributed by atoms with Gasteiger partial charge in [-0.25, -0.2) is 19.9 Å². The zero-order valence-corrected chi connectivity index (χ0v) is 20.6. The van der Waals surface area contributed by atoms with E-state index < -0.39 is 23.5 Å². The highest BCUT2D eigenvalue weighted by Gasteiger charge is 2.54. The Morgan fingerprint density at radius 2 is 1.35 bits per heavy atom. The molecule has 2 aromatic rings. The van der Waals surface area contributed by atoms with Crippen molar-refractivity contribution in [2.45, 2.75) is 39.6 Å². The molecule has 13 nitrogen and oxygen atoms in total. The summed E-state index contributed by atoms with van der Waals surface area (Å²) in [6.07, 6.45) is 7.28. The van der Waals surface area contributed by atoms with Crippen LogP contribution in [-0.2, 0) is 19.1 Å². The Labute approximate surface area is 212 Å². The van der Waals surface area contributed by atoms with E-state index in [1.165, 1.54) is 31.5 Å². The molecule has 2 aliphatic heterocycles. The molecule has 37 heavy (non-hydrogen) atoms. The molecule has 4 heterocycles. The van der Waals surface area contributed by atoms with Crippen LogP contribution in [0.2, 0.25) is 0 Å². The van der Waals surface area contributed by atoms with Crippen LogP contribution in [-0.4, -0.2) is 48.5 Å². The van der Waals surface area contributed by atoms with Crippen LogP contribution in [0.4, 0.5) is 11.9 Å². The third-order valence-corrected chi connectivity index (χ3v) is 5.41. The summed E-state index contributed by atoms with van der Waals surface area (Å²) in [5.41, 5.74) is 11.6. The number of aromatic nitrogens is 4. The number of rotatable bonds is 7. The Morgan fingerprint density at radius 1 is 0.838 bits per heavy atom. The maximum absolute atomic E-state index is 13.2. The maximum atomic E-state index is 13.2. The maximum Gasteiger partial charge on any atom is 0.281 e. The minimum atomic E-state index is -2.38. The summed E-state index contributed by atoms with van der Waals surface area (Å²) in [7, 11) is 0. The Kier molecular flexibility index (Phi) is 7.15. The van der Waals surface area contributed by atoms with Crippen LogP contribution in [0, 0.1) is 0 Å². The van der Waals surface area contributed by atoms with E-state index in [-0.39, 0.29) is 40.3 Å². The number of allylic oxidation sites excluding steroid dienone is 6. The Balaban J connectivity index is 1.74. The number of hydrazine groups is 2. The van der Waals surface area contributed by atoms with Crippen LogP contribution in [0.5, 0.6) is 0 Å². The predicted octanol–water partition coefficient (Wildman–Crippen LogP) is 1.41. The van der Waals surface area contributed by atoms with Crippen molar-refractivity contribution in [3.63, 3.8) is 0 Å². The molecule has 192 valence electrons. The van der Waals surface area contributed by atoms with E-state index in [1.54, 1.807) is 45.3 Å². The van der Waals surface area contributed by atoms with E-state index in [0.717, 1.165) is 0 Å². The van der Waals surface area contributed by atoms with Gasteiger partial charge in [0, 0.05) is 48.3 Å². The molecule has 0 aromatic carbocycles. The van der Waals surface area contributed by atoms with Gasteiger partial charge in [-0.3, -0.25) is 20.4 Å². The minimum Gasteiger partial charge on any atom is -0.483 e. The molecule has 2 aromatic heterocycles. The molecule has 2 atom stereocenters. The van der Waals surface area contributed by atoms with Gasteiger partial charge in [0.1, 0.15) is 5.76 Å². The lowest BCUT2D eigenvalue weighted by Crippen LogP contribution is -2.55. The molecular weight excluding hydrogens is 480 g/mol. The Morgan fingerprint density at radius 3 is 1.92 bits per heavy atom. The van der Waals surface area contributed by atoms with Crippen LogP contribution < -0.4 is 21.7 Å². The average molecular weight is 507 g/mol. The number of aliphatic hydroxyl groups is 1. The second-order valence-electron chi connectivity index (χ2n) is 8.22. The van der Waals surface area contributed by atoms with Crippen molar-refractivity contribution in [3.05, 3.63) is 83.1 Å². The van der Waals surface area contributed by atoms with Crippen molar-refractivity contribution in [2.75, 3.05) is 10.9 Å². The summed E-state index contributed by atoms with van der Waals surface area (Å²) < 4.78 is 11.8. The molecule has 5 N–H and O–H groups in total. The summed E-state index contributed by atoms with van der Waals surface area (Å²) in [5, 5.41) is 12.0. The summed E-state index contributed by atoms with van der Waals surface area (Å²) >= 11 is 0. The fourth-order valence-corrected chi connectivity index (χ4v) is 3.88. The molecule has 2 aliphatic rings. The van der Waals surface area contributed by atoms with E-state index >= 15 is 0 Å². The van der Waals surface area contributed by atoms with E-state index in [2.05, 4.69) is 41.6 Å². The van der Waals surface area contributed by atoms with Crippen molar-refractivity contribution < 1.29 is 24.2 Å². The van der Waals surface area contributed by atoms with Crippen molar-refractivity contribution in [2.24, 2.45) is 0 Å². The van der Waals surface area contributed by atoms with Gasteiger partial charge in [0.2, 0.25) is 11.9 Å². The van der Waals surface area contributed by atoms with Crippen LogP contribution in [0.15, 0.2) is 83.1 Å². The van der Waals surface area contributed by atoms with Crippen LogP contribution >= 0.6 is 0 Å². The van der Waals surface area contributed by atoms with Crippen molar-refractivity contribution in [1.82, 2.24) is 30.8 Å². The molecular formula is C24H26N8O5. The van der Waals surface area contributed by atoms with Crippen LogP contribution in [0.3, 0.4) is 0 Å². The zero-order chi connectivity index (χ0) is 26.6. The molecule has 0 spiro atoms. The van der Waals surface area contributed by atoms with Crippen LogP contribution in [0.1, 0.15) is 27.7 Å². The number of hydrogen-bond donors (Lipinski definition) is 5. The Hall–Kier alpha value is -4.78. The number of carbonyl (C=O) groups is 2. The second-order valence-corrected chi connectivity index (χ2v) is 8.22. The molecule has 2 unspecified atom stereocenters. The summed E-state index contributed by atoms with van der Waals surface area (Å²) in [6.45, 7) is 6.25. The average Bonchev–Trinajstić information content (AvgIpc) is 2.86. The smallest absolute Gasteiger partial charge is 0.281 e. The Bertz CT molecular complexity index is 1320. The number of carbonyl (C=O) groups excluding carboxylic acids is 2. The quantitative estimate of drug-likeness (QED) is 0.270. The topological polar surface area (TPSA) is 173 Å². The van der Waals surface area contributed by atoms with Gasteiger partial charge < -0.3 is 25.4 Å². The fraction of sp³-hybridized carbons (Fsp3) is 0.250. The first-order valence-electron chi connectivity index (χ1n) is 11.2. The van der Waals surface area contributed by atoms with Crippen molar-refractivity contribution in [1.29, 1.82) is 0 Å².